The average molecular weight is 304 g/mol. The smallest absolute Gasteiger partial charge is 0.241 e. The fourth-order valence-electron chi connectivity index (χ4n) is 2.55. The third-order valence-electron chi connectivity index (χ3n) is 3.88. The van der Waals surface area contributed by atoms with Crippen LogP contribution in [0.5, 0.6) is 0 Å². The Bertz CT molecular complexity index is 638. The SMILES string of the molecule is CC(C(=O)Nc1ccc(F)cc1)N1CCc2sccc2C1. The average Bonchev–Trinajstić information content (AvgIpc) is 2.96. The Morgan fingerprint density at radius 3 is 2.86 bits per heavy atom. The summed E-state index contributed by atoms with van der Waals surface area (Å²) in [5.74, 6) is -0.359. The van der Waals surface area contributed by atoms with E-state index in [-0.39, 0.29) is 17.8 Å². The van der Waals surface area contributed by atoms with Crippen LogP contribution in [0.15, 0.2) is 35.7 Å². The van der Waals surface area contributed by atoms with Crippen molar-refractivity contribution in [3.63, 3.8) is 0 Å². The van der Waals surface area contributed by atoms with Crippen molar-refractivity contribution >= 4 is 22.9 Å². The summed E-state index contributed by atoms with van der Waals surface area (Å²) < 4.78 is 12.9. The summed E-state index contributed by atoms with van der Waals surface area (Å²) >= 11 is 1.79. The van der Waals surface area contributed by atoms with Gasteiger partial charge in [-0.25, -0.2) is 4.39 Å². The Labute approximate surface area is 127 Å². The first-order valence-corrected chi connectivity index (χ1v) is 7.87. The van der Waals surface area contributed by atoms with Crippen molar-refractivity contribution in [1.29, 1.82) is 0 Å². The first-order chi connectivity index (χ1) is 10.1. The number of anilines is 1. The number of carbonyl (C=O) groups excluding carboxylic acids is 1. The maximum Gasteiger partial charge on any atom is 0.241 e. The quantitative estimate of drug-likeness (QED) is 0.944. The zero-order chi connectivity index (χ0) is 14.8. The first kappa shape index (κ1) is 14.2. The van der Waals surface area contributed by atoms with Crippen LogP contribution >= 0.6 is 11.3 Å². The van der Waals surface area contributed by atoms with E-state index in [9.17, 15) is 9.18 Å². The largest absolute Gasteiger partial charge is 0.325 e. The maximum absolute atomic E-state index is 12.9. The second-order valence-corrected chi connectivity index (χ2v) is 6.26. The van der Waals surface area contributed by atoms with E-state index in [1.807, 2.05) is 6.92 Å². The number of nitrogens with one attached hydrogen (secondary N) is 1. The van der Waals surface area contributed by atoms with Gasteiger partial charge in [-0.1, -0.05) is 0 Å². The number of rotatable bonds is 3. The molecular formula is C16H17FN2OS. The zero-order valence-electron chi connectivity index (χ0n) is 11.8. The van der Waals surface area contributed by atoms with Gasteiger partial charge in [-0.2, -0.15) is 0 Å². The summed E-state index contributed by atoms with van der Waals surface area (Å²) in [6, 6.07) is 7.78. The van der Waals surface area contributed by atoms with Gasteiger partial charge in [0.05, 0.1) is 6.04 Å². The fraction of sp³-hybridized carbons (Fsp3) is 0.312. The second-order valence-electron chi connectivity index (χ2n) is 5.26. The monoisotopic (exact) mass is 304 g/mol. The van der Waals surface area contributed by atoms with Crippen LogP contribution in [0.25, 0.3) is 0 Å². The summed E-state index contributed by atoms with van der Waals surface area (Å²) in [6.45, 7) is 3.62. The van der Waals surface area contributed by atoms with E-state index >= 15 is 0 Å². The number of hydrogen-bond donors (Lipinski definition) is 1. The van der Waals surface area contributed by atoms with Crippen LogP contribution in [0.3, 0.4) is 0 Å². The third kappa shape index (κ3) is 3.14. The molecule has 0 bridgehead atoms. The molecule has 1 amide bonds. The molecule has 3 rings (SSSR count). The number of thiophene rings is 1. The van der Waals surface area contributed by atoms with Gasteiger partial charge >= 0.3 is 0 Å². The van der Waals surface area contributed by atoms with Gasteiger partial charge in [-0.3, -0.25) is 9.69 Å². The highest BCUT2D eigenvalue weighted by molar-refractivity contribution is 7.10. The lowest BCUT2D eigenvalue weighted by molar-refractivity contribution is -0.121. The molecule has 0 aliphatic carbocycles. The summed E-state index contributed by atoms with van der Waals surface area (Å²) in [5, 5.41) is 4.95. The highest BCUT2D eigenvalue weighted by atomic mass is 32.1. The van der Waals surface area contributed by atoms with Crippen LogP contribution in [0.4, 0.5) is 10.1 Å². The molecule has 5 heteroatoms. The lowest BCUT2D eigenvalue weighted by atomic mass is 10.1. The fourth-order valence-corrected chi connectivity index (χ4v) is 3.44. The molecule has 0 radical (unpaired) electrons. The number of nitrogens with zero attached hydrogens (tertiary/aromatic N) is 1. The molecule has 0 fully saturated rings. The summed E-state index contributed by atoms with van der Waals surface area (Å²) in [5.41, 5.74) is 1.95. The molecule has 1 aromatic carbocycles. The normalized spacial score (nSPS) is 16.3. The van der Waals surface area contributed by atoms with Crippen LogP contribution in [0.1, 0.15) is 17.4 Å². The van der Waals surface area contributed by atoms with E-state index in [1.165, 1.54) is 22.6 Å². The Morgan fingerprint density at radius 1 is 1.33 bits per heavy atom. The molecule has 1 aromatic heterocycles. The van der Waals surface area contributed by atoms with Gasteiger partial charge in [0, 0.05) is 23.7 Å². The highest BCUT2D eigenvalue weighted by Crippen LogP contribution is 2.25. The van der Waals surface area contributed by atoms with E-state index in [0.29, 0.717) is 5.69 Å². The minimum atomic E-state index is -0.304. The van der Waals surface area contributed by atoms with Crippen LogP contribution in [0, 0.1) is 5.82 Å². The van der Waals surface area contributed by atoms with Crippen LogP contribution < -0.4 is 5.32 Å². The molecule has 2 heterocycles. The molecule has 110 valence electrons. The lowest BCUT2D eigenvalue weighted by Gasteiger charge is -2.31. The summed E-state index contributed by atoms with van der Waals surface area (Å²) in [4.78, 5) is 15.9. The van der Waals surface area contributed by atoms with E-state index in [4.69, 9.17) is 0 Å². The molecular weight excluding hydrogens is 287 g/mol. The van der Waals surface area contributed by atoms with Gasteiger partial charge in [0.1, 0.15) is 5.82 Å². The van der Waals surface area contributed by atoms with E-state index < -0.39 is 0 Å². The van der Waals surface area contributed by atoms with Crippen LogP contribution in [-0.4, -0.2) is 23.4 Å². The number of hydrogen-bond acceptors (Lipinski definition) is 3. The van der Waals surface area contributed by atoms with Crippen molar-refractivity contribution in [3.05, 3.63) is 52.0 Å². The Hall–Kier alpha value is -1.72. The molecule has 1 aliphatic heterocycles. The number of carbonyl (C=O) groups is 1. The van der Waals surface area contributed by atoms with Gasteiger partial charge in [0.25, 0.3) is 0 Å². The van der Waals surface area contributed by atoms with Crippen LogP contribution in [-0.2, 0) is 17.8 Å². The molecule has 1 aliphatic rings. The summed E-state index contributed by atoms with van der Waals surface area (Å²) in [6.07, 6.45) is 1.00. The van der Waals surface area contributed by atoms with Crippen molar-refractivity contribution in [1.82, 2.24) is 4.90 Å². The first-order valence-electron chi connectivity index (χ1n) is 6.99. The number of benzene rings is 1. The van der Waals surface area contributed by atoms with Gasteiger partial charge < -0.3 is 5.32 Å². The third-order valence-corrected chi connectivity index (χ3v) is 4.90. The molecule has 0 saturated heterocycles. The van der Waals surface area contributed by atoms with Gasteiger partial charge in [-0.15, -0.1) is 11.3 Å². The van der Waals surface area contributed by atoms with Crippen molar-refractivity contribution in [2.75, 3.05) is 11.9 Å². The highest BCUT2D eigenvalue weighted by Gasteiger charge is 2.25. The Kier molecular flexibility index (Phi) is 4.03. The molecule has 2 aromatic rings. The topological polar surface area (TPSA) is 32.3 Å². The molecule has 3 nitrogen and oxygen atoms in total. The molecule has 1 unspecified atom stereocenters. The molecule has 1 N–H and O–H groups in total. The maximum atomic E-state index is 12.9. The minimum Gasteiger partial charge on any atom is -0.325 e. The molecule has 1 atom stereocenters. The Morgan fingerprint density at radius 2 is 2.10 bits per heavy atom. The standard InChI is InChI=1S/C16H17FN2OS/c1-11(16(20)18-14-4-2-13(17)3-5-14)19-8-6-15-12(10-19)7-9-21-15/h2-5,7,9,11H,6,8,10H2,1H3,(H,18,20). The second kappa shape index (κ2) is 5.95. The molecule has 0 saturated carbocycles. The predicted molar refractivity (Wildman–Crippen MR) is 82.9 cm³/mol. The van der Waals surface area contributed by atoms with E-state index in [2.05, 4.69) is 21.7 Å². The predicted octanol–water partition coefficient (Wildman–Crippen LogP) is 3.27. The molecule has 0 spiro atoms. The van der Waals surface area contributed by atoms with E-state index in [0.717, 1.165) is 19.5 Å². The Balaban J connectivity index is 1.64. The minimum absolute atomic E-state index is 0.0553. The van der Waals surface area contributed by atoms with Crippen molar-refractivity contribution in [2.45, 2.75) is 25.9 Å². The van der Waals surface area contributed by atoms with Gasteiger partial charge in [0.15, 0.2) is 0 Å². The van der Waals surface area contributed by atoms with E-state index in [1.54, 1.807) is 23.5 Å². The van der Waals surface area contributed by atoms with Crippen molar-refractivity contribution in [3.8, 4) is 0 Å². The van der Waals surface area contributed by atoms with Gasteiger partial charge in [-0.05, 0) is 54.6 Å². The van der Waals surface area contributed by atoms with Gasteiger partial charge in [0.2, 0.25) is 5.91 Å². The lowest BCUT2D eigenvalue weighted by Crippen LogP contribution is -2.44. The van der Waals surface area contributed by atoms with Crippen molar-refractivity contribution < 1.29 is 9.18 Å². The number of halogens is 1. The van der Waals surface area contributed by atoms with Crippen LogP contribution in [0.2, 0.25) is 0 Å². The molecule has 21 heavy (non-hydrogen) atoms. The van der Waals surface area contributed by atoms with Crippen molar-refractivity contribution in [2.24, 2.45) is 0 Å². The summed E-state index contributed by atoms with van der Waals surface area (Å²) in [7, 11) is 0. The zero-order valence-corrected chi connectivity index (χ0v) is 12.6. The number of amides is 1. The number of fused-ring (bicyclic) bond motifs is 1.